The summed E-state index contributed by atoms with van der Waals surface area (Å²) in [5.41, 5.74) is 0.628. The van der Waals surface area contributed by atoms with E-state index < -0.39 is 30.6 Å². The van der Waals surface area contributed by atoms with Gasteiger partial charge in [0, 0.05) is 0 Å². The number of hydrogen-bond donors (Lipinski definition) is 0. The Morgan fingerprint density at radius 2 is 1.24 bits per heavy atom. The van der Waals surface area contributed by atoms with Crippen LogP contribution in [-0.2, 0) is 32.3 Å². The van der Waals surface area contributed by atoms with E-state index in [-0.39, 0.29) is 13.2 Å². The van der Waals surface area contributed by atoms with E-state index in [1.54, 1.807) is 0 Å². The molecule has 2 aromatic rings. The van der Waals surface area contributed by atoms with Crippen LogP contribution in [0.2, 0.25) is 21.0 Å². The molecule has 1 fully saturated rings. The normalized spacial score (nSPS) is 19.5. The molecule has 0 spiro atoms. The van der Waals surface area contributed by atoms with Crippen LogP contribution >= 0.6 is 0 Å². The predicted molar refractivity (Wildman–Crippen MR) is 139 cm³/mol. The van der Waals surface area contributed by atoms with Crippen molar-refractivity contribution in [2.75, 3.05) is 0 Å². The summed E-state index contributed by atoms with van der Waals surface area (Å²) in [4.78, 5) is 27.1. The molecule has 2 aromatic carbocycles. The van der Waals surface area contributed by atoms with Crippen LogP contribution in [0.25, 0.3) is 0 Å². The summed E-state index contributed by atoms with van der Waals surface area (Å²) in [5.74, 6) is -0.186. The molecule has 0 N–H and O–H groups in total. The number of carbonyl (C=O) groups is 2. The molecule has 184 valence electrons. The van der Waals surface area contributed by atoms with Crippen LogP contribution in [0, 0.1) is 17.3 Å². The maximum absolute atomic E-state index is 13.6. The molecule has 0 saturated heterocycles. The van der Waals surface area contributed by atoms with Gasteiger partial charge in [0.2, 0.25) is 0 Å². The average Bonchev–Trinajstić information content (AvgIpc) is 3.22. The molecule has 0 radical (unpaired) electrons. The van der Waals surface area contributed by atoms with Gasteiger partial charge in [0.15, 0.2) is 0 Å². The van der Waals surface area contributed by atoms with Crippen molar-refractivity contribution in [1.82, 2.24) is 0 Å². The van der Waals surface area contributed by atoms with E-state index in [4.69, 9.17) is 9.47 Å². The number of hydrogen-bond acceptors (Lipinski definition) is 4. The first-order valence-corrected chi connectivity index (χ1v) is 18.7. The predicted octanol–water partition coefficient (Wildman–Crippen LogP) is 7.01. The van der Waals surface area contributed by atoms with E-state index in [1.165, 1.54) is 21.0 Å². The van der Waals surface area contributed by atoms with Crippen molar-refractivity contribution in [3.05, 3.63) is 71.8 Å². The minimum absolute atomic E-state index is 0.174. The molecule has 5 heteroatoms. The van der Waals surface area contributed by atoms with Gasteiger partial charge in [-0.2, -0.15) is 0 Å². The molecular weight excluding hydrogens is 485 g/mol. The molecule has 0 aromatic heterocycles. The van der Waals surface area contributed by atoms with E-state index in [1.807, 2.05) is 60.7 Å². The van der Waals surface area contributed by atoms with Gasteiger partial charge in [0.05, 0.1) is 0 Å². The van der Waals surface area contributed by atoms with Crippen LogP contribution in [0.4, 0.5) is 0 Å². The molecule has 0 aliphatic heterocycles. The van der Waals surface area contributed by atoms with Crippen LogP contribution in [0.15, 0.2) is 60.7 Å². The summed E-state index contributed by atoms with van der Waals surface area (Å²) in [5, 5.41) is 5.09. The van der Waals surface area contributed by atoms with Gasteiger partial charge in [0.1, 0.15) is 0 Å². The Kier molecular flexibility index (Phi) is 9.41. The van der Waals surface area contributed by atoms with Crippen molar-refractivity contribution in [2.45, 2.75) is 74.8 Å². The molecule has 0 unspecified atom stereocenters. The first-order chi connectivity index (χ1) is 16.4. The Labute approximate surface area is 207 Å². The van der Waals surface area contributed by atoms with Gasteiger partial charge in [-0.1, -0.05) is 0 Å². The third-order valence-electron chi connectivity index (χ3n) is 8.24. The second kappa shape index (κ2) is 12.1. The number of benzene rings is 2. The maximum atomic E-state index is 13.6. The van der Waals surface area contributed by atoms with Crippen LogP contribution in [-0.4, -0.2) is 25.2 Å². The molecule has 0 heterocycles. The van der Waals surface area contributed by atoms with Gasteiger partial charge in [-0.25, -0.2) is 0 Å². The van der Waals surface area contributed by atoms with E-state index in [0.29, 0.717) is 24.7 Å². The first kappa shape index (κ1) is 26.5. The average molecular weight is 525 g/mol. The molecule has 2 atom stereocenters. The zero-order valence-corrected chi connectivity index (χ0v) is 23.3. The summed E-state index contributed by atoms with van der Waals surface area (Å²) < 4.78 is 11.5. The molecule has 0 amide bonds. The molecule has 1 aliphatic carbocycles. The zero-order valence-electron chi connectivity index (χ0n) is 21.2. The molecule has 1 saturated carbocycles. The van der Waals surface area contributed by atoms with Crippen molar-refractivity contribution in [3.63, 3.8) is 0 Å². The molecule has 0 bridgehead atoms. The van der Waals surface area contributed by atoms with Crippen LogP contribution < -0.4 is 0 Å². The zero-order chi connectivity index (χ0) is 24.6. The molecule has 34 heavy (non-hydrogen) atoms. The fourth-order valence-electron chi connectivity index (χ4n) is 5.60. The quantitative estimate of drug-likeness (QED) is 0.180. The van der Waals surface area contributed by atoms with Gasteiger partial charge in [0.25, 0.3) is 0 Å². The molecule has 4 nitrogen and oxygen atoms in total. The third-order valence-corrected chi connectivity index (χ3v) is 20.6. The second-order valence-electron chi connectivity index (χ2n) is 10.1. The number of rotatable bonds is 11. The monoisotopic (exact) mass is 526 g/mol. The van der Waals surface area contributed by atoms with Crippen molar-refractivity contribution < 1.29 is 19.1 Å². The third kappa shape index (κ3) is 6.13. The van der Waals surface area contributed by atoms with Crippen LogP contribution in [0.3, 0.4) is 0 Å². The summed E-state index contributed by atoms with van der Waals surface area (Å²) >= 11 is -1.98. The summed E-state index contributed by atoms with van der Waals surface area (Å²) in [6.45, 7) is 9.56. The van der Waals surface area contributed by atoms with Gasteiger partial charge >= 0.3 is 208 Å². The number of carbonyl (C=O) groups excluding carboxylic acids is 2. The van der Waals surface area contributed by atoms with Gasteiger partial charge in [-0.15, -0.1) is 0 Å². The summed E-state index contributed by atoms with van der Waals surface area (Å²) in [6, 6.07) is 19.3. The van der Waals surface area contributed by atoms with Crippen LogP contribution in [0.1, 0.15) is 51.7 Å². The SMILES string of the molecule is C[CH2][Ge]([CH2]C)([CH2]C)[CH2][C@@H]1CC(C(=O)OCc2ccccc2)(C(=O)OCc2ccccc2)C[C@H]1C. The molecule has 3 rings (SSSR count). The van der Waals surface area contributed by atoms with Crippen LogP contribution in [0.5, 0.6) is 0 Å². The topological polar surface area (TPSA) is 52.6 Å². The summed E-state index contributed by atoms with van der Waals surface area (Å²) in [6.07, 6.45) is 1.05. The van der Waals surface area contributed by atoms with E-state index >= 15 is 0 Å². The Morgan fingerprint density at radius 3 is 1.65 bits per heavy atom. The van der Waals surface area contributed by atoms with E-state index in [2.05, 4.69) is 27.7 Å². The Bertz CT molecular complexity index is 860. The van der Waals surface area contributed by atoms with Crippen molar-refractivity contribution in [3.8, 4) is 0 Å². The van der Waals surface area contributed by atoms with Gasteiger partial charge < -0.3 is 0 Å². The minimum atomic E-state index is -1.98. The van der Waals surface area contributed by atoms with E-state index in [0.717, 1.165) is 11.1 Å². The standard InChI is InChI=1S/C29H40GeO4/c1-5-30(6-2,7-3)20-26-19-29(18-23(26)4,27(31)33-21-24-14-10-8-11-15-24)28(32)34-22-25-16-12-9-13-17-25/h8-17,23,26H,5-7,18-22H2,1-4H3/t23-,26+/m1/s1. The van der Waals surface area contributed by atoms with Crippen molar-refractivity contribution >= 4 is 25.2 Å². The Hall–Kier alpha value is -2.08. The number of esters is 2. The van der Waals surface area contributed by atoms with Gasteiger partial charge in [-0.05, 0) is 0 Å². The van der Waals surface area contributed by atoms with Crippen molar-refractivity contribution in [2.24, 2.45) is 17.3 Å². The Balaban J connectivity index is 1.81. The first-order valence-electron chi connectivity index (χ1n) is 12.8. The fourth-order valence-corrected chi connectivity index (χ4v) is 14.0. The van der Waals surface area contributed by atoms with Crippen molar-refractivity contribution in [1.29, 1.82) is 0 Å². The molecule has 1 aliphatic rings. The number of ether oxygens (including phenoxy) is 2. The molecular formula is C29H40GeO4. The Morgan fingerprint density at radius 1 is 0.794 bits per heavy atom. The van der Waals surface area contributed by atoms with Gasteiger partial charge in [-0.3, -0.25) is 0 Å². The van der Waals surface area contributed by atoms with E-state index in [9.17, 15) is 9.59 Å². The summed E-state index contributed by atoms with van der Waals surface area (Å²) in [7, 11) is 0. The fraction of sp³-hybridized carbons (Fsp3) is 0.517. The second-order valence-corrected chi connectivity index (χ2v) is 21.7.